The van der Waals surface area contributed by atoms with Gasteiger partial charge in [0.15, 0.2) is 0 Å². The van der Waals surface area contributed by atoms with Gasteiger partial charge in [-0.1, -0.05) is 91.3 Å². The Bertz CT molecular complexity index is 3790. The molecule has 4 heterocycles. The predicted molar refractivity (Wildman–Crippen MR) is 363 cm³/mol. The van der Waals surface area contributed by atoms with Gasteiger partial charge < -0.3 is 48.9 Å². The molecule has 1 aliphatic carbocycles. The van der Waals surface area contributed by atoms with Gasteiger partial charge >= 0.3 is 18.4 Å². The molecule has 5 amide bonds. The number of anilines is 2. The molecule has 1 spiro atoms. The Hall–Kier alpha value is -8.38. The third kappa shape index (κ3) is 16.8. The van der Waals surface area contributed by atoms with Gasteiger partial charge in [0.05, 0.1) is 29.5 Å². The minimum atomic E-state index is -5.15. The minimum absolute atomic E-state index is 0.0266. The number of likely N-dealkylation sites (tertiary alicyclic amines) is 2. The van der Waals surface area contributed by atoms with Crippen molar-refractivity contribution in [3.63, 3.8) is 0 Å². The summed E-state index contributed by atoms with van der Waals surface area (Å²) >= 11 is 0. The molecule has 5 aliphatic rings. The SMILES string of the molecule is CN(CCN1CCC(N(C(=O)O)c2ccccc2-c2ccccc2)CC1)C(=O)CCCCCN(C)c1ccc2c(c1)CCN(CCCN(C)C(=O)CO[C@H]1Cc3ccccc3C13CCN(CC[C@]1(c4ccc(F)cc4)CN(C(=O)c4cc(C(F)(F)F)cc(C(F)(F)F)c4)CO1)CC3)C2=O. The Kier molecular flexibility index (Phi) is 22.5. The first-order chi connectivity index (χ1) is 47.4. The van der Waals surface area contributed by atoms with E-state index in [9.17, 15) is 59.8 Å². The van der Waals surface area contributed by atoms with Crippen LogP contribution in [-0.4, -0.2) is 189 Å². The lowest BCUT2D eigenvalue weighted by Gasteiger charge is -2.44. The zero-order valence-corrected chi connectivity index (χ0v) is 56.3. The zero-order valence-electron chi connectivity index (χ0n) is 56.3. The predicted octanol–water partition coefficient (Wildman–Crippen LogP) is 12.9. The van der Waals surface area contributed by atoms with Crippen molar-refractivity contribution in [3.8, 4) is 11.1 Å². The molecule has 0 radical (unpaired) electrons. The maximum absolute atomic E-state index is 14.3. The number of unbranched alkanes of at least 4 members (excludes halogenated alkanes) is 2. The monoisotopic (exact) mass is 1370 g/mol. The van der Waals surface area contributed by atoms with Crippen LogP contribution in [0.3, 0.4) is 0 Å². The standard InChI is InChI=1S/C76H87F7N8O8/c1-84(34-13-5-8-21-68(92)86(3)43-44-87-37-29-61(30-38-87)91(72(96)97)66-20-12-10-18-63(66)53-15-6-4-7-16-53)62-26-27-64-54(47-62)28-39-89(71(64)95)36-14-35-85(2)69(93)50-98-67-48-55-17-9-11-19-65(55)73(67)31-40-88(41-32-73)42-33-74(57-22-24-60(77)25-23-57)51-90(52-99-74)70(94)56-45-58(75(78,79)80)49-59(46-56)76(81,82)83/h4,6-7,9-12,15-20,22-27,45-47,49,61,67H,5,8,13-14,21,28-44,48,50-52H2,1-3H3,(H,96,97)/t67-,74+/m0/s1. The van der Waals surface area contributed by atoms with Crippen LogP contribution in [0.15, 0.2) is 140 Å². The normalized spacial score (nSPS) is 18.9. The summed E-state index contributed by atoms with van der Waals surface area (Å²) in [4.78, 5) is 81.9. The van der Waals surface area contributed by atoms with Crippen LogP contribution in [-0.2, 0) is 55.3 Å². The van der Waals surface area contributed by atoms with Crippen LogP contribution in [0, 0.1) is 5.82 Å². The molecule has 3 saturated heterocycles. The van der Waals surface area contributed by atoms with Crippen molar-refractivity contribution in [1.82, 2.24) is 29.4 Å². The molecule has 6 aromatic carbocycles. The molecule has 99 heavy (non-hydrogen) atoms. The van der Waals surface area contributed by atoms with Gasteiger partial charge in [0.25, 0.3) is 11.8 Å². The third-order valence-electron chi connectivity index (χ3n) is 21.0. The third-order valence-corrected chi connectivity index (χ3v) is 21.0. The zero-order chi connectivity index (χ0) is 70.2. The van der Waals surface area contributed by atoms with Crippen molar-refractivity contribution in [2.75, 3.05) is 123 Å². The number of piperidine rings is 2. The van der Waals surface area contributed by atoms with E-state index in [0.29, 0.717) is 126 Å². The molecular formula is C76H87F7N8O8. The highest BCUT2D eigenvalue weighted by atomic mass is 19.4. The van der Waals surface area contributed by atoms with Gasteiger partial charge in [-0.2, -0.15) is 26.3 Å². The van der Waals surface area contributed by atoms with Crippen molar-refractivity contribution in [3.05, 3.63) is 190 Å². The fourth-order valence-electron chi connectivity index (χ4n) is 15.1. The van der Waals surface area contributed by atoms with Crippen LogP contribution in [0.1, 0.15) is 118 Å². The topological polar surface area (TPSA) is 150 Å². The molecule has 11 rings (SSSR count). The summed E-state index contributed by atoms with van der Waals surface area (Å²) in [6.45, 7) is 5.95. The number of rotatable bonds is 25. The van der Waals surface area contributed by atoms with Gasteiger partial charge in [-0.15, -0.1) is 0 Å². The molecule has 0 saturated carbocycles. The first-order valence-electron chi connectivity index (χ1n) is 34.3. The summed E-state index contributed by atoms with van der Waals surface area (Å²) in [5.74, 6) is -1.70. The summed E-state index contributed by atoms with van der Waals surface area (Å²) in [6, 6.07) is 37.8. The number of nitrogens with zero attached hydrogens (tertiary/aromatic N) is 8. The molecule has 1 N–H and O–H groups in total. The molecule has 6 aromatic rings. The number of halogens is 7. The van der Waals surface area contributed by atoms with Crippen molar-refractivity contribution in [1.29, 1.82) is 0 Å². The highest BCUT2D eigenvalue weighted by Crippen LogP contribution is 2.49. The number of amides is 5. The van der Waals surface area contributed by atoms with Gasteiger partial charge in [-0.3, -0.25) is 24.1 Å². The van der Waals surface area contributed by atoms with E-state index < -0.39 is 64.6 Å². The molecule has 3 fully saturated rings. The maximum Gasteiger partial charge on any atom is 0.416 e. The van der Waals surface area contributed by atoms with E-state index in [4.69, 9.17) is 9.47 Å². The Morgan fingerprint density at radius 1 is 0.657 bits per heavy atom. The summed E-state index contributed by atoms with van der Waals surface area (Å²) in [7, 11) is 5.64. The van der Waals surface area contributed by atoms with E-state index in [0.717, 1.165) is 78.3 Å². The Labute approximate surface area is 573 Å². The number of carboxylic acid groups (broad SMARTS) is 1. The lowest BCUT2D eigenvalue weighted by Crippen LogP contribution is -2.50. The van der Waals surface area contributed by atoms with Gasteiger partial charge in [0, 0.05) is 120 Å². The number of hydrogen-bond acceptors (Lipinski definition) is 10. The smallest absolute Gasteiger partial charge is 0.416 e. The van der Waals surface area contributed by atoms with E-state index >= 15 is 0 Å². The summed E-state index contributed by atoms with van der Waals surface area (Å²) < 4.78 is 110. The second-order valence-electron chi connectivity index (χ2n) is 27.2. The Morgan fingerprint density at radius 3 is 2.03 bits per heavy atom. The fraction of sp³-hybridized carbons (Fsp3) is 0.461. The number of benzene rings is 6. The van der Waals surface area contributed by atoms with E-state index in [1.54, 1.807) is 16.8 Å². The van der Waals surface area contributed by atoms with Crippen LogP contribution in [0.5, 0.6) is 0 Å². The minimum Gasteiger partial charge on any atom is -0.465 e. The van der Waals surface area contributed by atoms with Crippen LogP contribution in [0.25, 0.3) is 11.1 Å². The summed E-state index contributed by atoms with van der Waals surface area (Å²) in [5.41, 5.74) is 2.40. The van der Waals surface area contributed by atoms with Crippen molar-refractivity contribution in [2.24, 2.45) is 0 Å². The van der Waals surface area contributed by atoms with Crippen molar-refractivity contribution < 1.29 is 69.3 Å². The van der Waals surface area contributed by atoms with Gasteiger partial charge in [-0.25, -0.2) is 9.18 Å². The molecule has 0 aromatic heterocycles. The fourth-order valence-corrected chi connectivity index (χ4v) is 15.1. The second-order valence-corrected chi connectivity index (χ2v) is 27.2. The quantitative estimate of drug-likeness (QED) is 0.0431. The number of alkyl halides is 6. The molecule has 4 aliphatic heterocycles. The van der Waals surface area contributed by atoms with Crippen LogP contribution < -0.4 is 9.80 Å². The number of carbonyl (C=O) groups excluding carboxylic acids is 4. The number of carbonyl (C=O) groups is 5. The summed E-state index contributed by atoms with van der Waals surface area (Å²) in [5, 5.41) is 10.4. The molecular weight excluding hydrogens is 1290 g/mol. The highest BCUT2D eigenvalue weighted by molar-refractivity contribution is 5.97. The van der Waals surface area contributed by atoms with Gasteiger partial charge in [0.2, 0.25) is 11.8 Å². The van der Waals surface area contributed by atoms with Crippen LogP contribution in [0.4, 0.5) is 46.9 Å². The summed E-state index contributed by atoms with van der Waals surface area (Å²) in [6.07, 6.45) is -3.60. The van der Waals surface area contributed by atoms with E-state index in [1.165, 1.54) is 34.7 Å². The average molecular weight is 1370 g/mol. The van der Waals surface area contributed by atoms with Crippen molar-refractivity contribution in [2.45, 2.75) is 113 Å². The maximum atomic E-state index is 14.3. The molecule has 23 heteroatoms. The number of fused-ring (bicyclic) bond motifs is 3. The first kappa shape index (κ1) is 71.9. The van der Waals surface area contributed by atoms with Gasteiger partial charge in [0.1, 0.15) is 24.8 Å². The molecule has 528 valence electrons. The second kappa shape index (κ2) is 31.0. The average Bonchev–Trinajstić information content (AvgIpc) is 1.61. The molecule has 0 unspecified atom stereocenters. The van der Waals surface area contributed by atoms with Gasteiger partial charge in [-0.05, 0) is 160 Å². The van der Waals surface area contributed by atoms with E-state index in [-0.39, 0.29) is 55.5 Å². The number of para-hydroxylation sites is 1. The first-order valence-corrected chi connectivity index (χ1v) is 34.3. The van der Waals surface area contributed by atoms with Crippen molar-refractivity contribution >= 4 is 41.1 Å². The molecule has 16 nitrogen and oxygen atoms in total. The number of ether oxygens (including phenoxy) is 2. The lowest BCUT2D eigenvalue weighted by molar-refractivity contribution is -0.143. The highest BCUT2D eigenvalue weighted by Gasteiger charge is 2.50. The van der Waals surface area contributed by atoms with E-state index in [1.807, 2.05) is 97.9 Å². The molecule has 2 atom stereocenters. The van der Waals surface area contributed by atoms with E-state index in [2.05, 4.69) is 32.9 Å². The number of hydrogen-bond donors (Lipinski definition) is 1. The molecule has 0 bridgehead atoms. The Morgan fingerprint density at radius 2 is 1.32 bits per heavy atom. The lowest BCUT2D eigenvalue weighted by atomic mass is 9.72. The Balaban J connectivity index is 0.591. The van der Waals surface area contributed by atoms with Crippen LogP contribution >= 0.6 is 0 Å². The number of likely N-dealkylation sites (N-methyl/N-ethyl adjacent to an activating group) is 2. The largest absolute Gasteiger partial charge is 0.465 e. The van der Waals surface area contributed by atoms with Crippen LogP contribution in [0.2, 0.25) is 0 Å².